The highest BCUT2D eigenvalue weighted by atomic mass is 16.3. The Hall–Kier alpha value is -2.30. The van der Waals surface area contributed by atoms with Crippen LogP contribution in [-0.2, 0) is 0 Å². The highest BCUT2D eigenvalue weighted by Crippen LogP contribution is 2.32. The van der Waals surface area contributed by atoms with Crippen LogP contribution in [0, 0.1) is 6.92 Å². The van der Waals surface area contributed by atoms with Gasteiger partial charge in [-0.1, -0.05) is 6.07 Å². The molecule has 0 saturated carbocycles. The first kappa shape index (κ1) is 12.7. The number of rotatable bonds is 2. The summed E-state index contributed by atoms with van der Waals surface area (Å²) >= 11 is 0. The zero-order chi connectivity index (χ0) is 13.9. The fraction of sp³-hybridized carbons (Fsp3) is 0.333. The van der Waals surface area contributed by atoms with E-state index in [4.69, 9.17) is 4.42 Å². The molecule has 5 nitrogen and oxygen atoms in total. The van der Waals surface area contributed by atoms with E-state index in [1.54, 1.807) is 12.3 Å². The summed E-state index contributed by atoms with van der Waals surface area (Å²) in [7, 11) is 0. The van der Waals surface area contributed by atoms with E-state index in [1.807, 2.05) is 36.1 Å². The van der Waals surface area contributed by atoms with E-state index in [1.165, 1.54) is 0 Å². The number of anilines is 1. The van der Waals surface area contributed by atoms with Crippen LogP contribution in [0.2, 0.25) is 0 Å². The molecule has 3 heterocycles. The number of pyridine rings is 1. The maximum atomic E-state index is 12.4. The van der Waals surface area contributed by atoms with E-state index >= 15 is 0 Å². The van der Waals surface area contributed by atoms with Crippen molar-refractivity contribution in [1.29, 1.82) is 0 Å². The van der Waals surface area contributed by atoms with E-state index in [9.17, 15) is 4.79 Å². The molecule has 0 unspecified atom stereocenters. The maximum absolute atomic E-state index is 12.4. The third kappa shape index (κ3) is 2.52. The van der Waals surface area contributed by atoms with E-state index in [0.29, 0.717) is 5.82 Å². The molecule has 2 amide bonds. The summed E-state index contributed by atoms with van der Waals surface area (Å²) in [6.07, 6.45) is 3.56. The molecule has 1 N–H and O–H groups in total. The zero-order valence-corrected chi connectivity index (χ0v) is 11.4. The van der Waals surface area contributed by atoms with Gasteiger partial charge in [0.15, 0.2) is 0 Å². The molecular formula is C15H17N3O2. The molecule has 1 aliphatic rings. The largest absolute Gasteiger partial charge is 0.467 e. The van der Waals surface area contributed by atoms with Gasteiger partial charge in [0.25, 0.3) is 0 Å². The lowest BCUT2D eigenvalue weighted by Gasteiger charge is -2.23. The van der Waals surface area contributed by atoms with Gasteiger partial charge in [-0.05, 0) is 44.0 Å². The third-order valence-electron chi connectivity index (χ3n) is 3.51. The molecule has 2 aromatic heterocycles. The predicted octanol–water partition coefficient (Wildman–Crippen LogP) is 3.35. The van der Waals surface area contributed by atoms with Crippen molar-refractivity contribution in [3.05, 3.63) is 48.0 Å². The Morgan fingerprint density at radius 1 is 1.40 bits per heavy atom. The van der Waals surface area contributed by atoms with Gasteiger partial charge in [0.05, 0.1) is 12.3 Å². The lowest BCUT2D eigenvalue weighted by atomic mass is 10.2. The Morgan fingerprint density at radius 2 is 2.30 bits per heavy atom. The molecule has 2 aromatic rings. The summed E-state index contributed by atoms with van der Waals surface area (Å²) in [5, 5.41) is 2.85. The van der Waals surface area contributed by atoms with Crippen molar-refractivity contribution in [2.24, 2.45) is 0 Å². The number of likely N-dealkylation sites (tertiary alicyclic amines) is 1. The number of hydrogen-bond donors (Lipinski definition) is 1. The van der Waals surface area contributed by atoms with Crippen molar-refractivity contribution in [3.63, 3.8) is 0 Å². The Labute approximate surface area is 117 Å². The van der Waals surface area contributed by atoms with E-state index in [2.05, 4.69) is 10.3 Å². The topological polar surface area (TPSA) is 58.4 Å². The molecule has 0 radical (unpaired) electrons. The molecule has 0 bridgehead atoms. The second-order valence-corrected chi connectivity index (χ2v) is 4.96. The number of amides is 2. The molecule has 0 aromatic carbocycles. The van der Waals surface area contributed by atoms with Crippen LogP contribution in [0.15, 0.2) is 41.0 Å². The van der Waals surface area contributed by atoms with E-state index in [0.717, 1.165) is 30.8 Å². The maximum Gasteiger partial charge on any atom is 0.323 e. The molecule has 104 valence electrons. The number of furan rings is 1. The quantitative estimate of drug-likeness (QED) is 0.911. The monoisotopic (exact) mass is 271 g/mol. The van der Waals surface area contributed by atoms with Crippen LogP contribution in [0.25, 0.3) is 0 Å². The molecule has 1 fully saturated rings. The second kappa shape index (κ2) is 5.36. The molecule has 1 saturated heterocycles. The number of aromatic nitrogens is 1. The number of urea groups is 1. The normalized spacial score (nSPS) is 18.2. The predicted molar refractivity (Wildman–Crippen MR) is 75.4 cm³/mol. The molecule has 0 aliphatic carbocycles. The van der Waals surface area contributed by atoms with Crippen LogP contribution in [0.3, 0.4) is 0 Å². The molecular weight excluding hydrogens is 254 g/mol. The molecule has 1 atom stereocenters. The molecule has 3 rings (SSSR count). The van der Waals surface area contributed by atoms with Gasteiger partial charge in [0.2, 0.25) is 0 Å². The van der Waals surface area contributed by atoms with Crippen LogP contribution in [0.1, 0.15) is 30.3 Å². The standard InChI is InChI=1S/C15H17N3O2/c1-11-5-2-8-14(16-11)17-15(19)18-9-3-6-12(18)13-7-4-10-20-13/h2,4-5,7-8,10,12H,3,6,9H2,1H3,(H,16,17,19)/t12-/m0/s1. The van der Waals surface area contributed by atoms with Crippen LogP contribution in [-0.4, -0.2) is 22.5 Å². The third-order valence-corrected chi connectivity index (χ3v) is 3.51. The van der Waals surface area contributed by atoms with Crippen LogP contribution in [0.5, 0.6) is 0 Å². The Balaban J connectivity index is 1.73. The van der Waals surface area contributed by atoms with Gasteiger partial charge in [0, 0.05) is 12.2 Å². The SMILES string of the molecule is Cc1cccc(NC(=O)N2CCC[C@H]2c2ccco2)n1. The smallest absolute Gasteiger partial charge is 0.323 e. The second-order valence-electron chi connectivity index (χ2n) is 4.96. The highest BCUT2D eigenvalue weighted by Gasteiger charge is 2.31. The molecule has 5 heteroatoms. The number of hydrogen-bond acceptors (Lipinski definition) is 3. The van der Waals surface area contributed by atoms with Crippen molar-refractivity contribution >= 4 is 11.8 Å². The number of aryl methyl sites for hydroxylation is 1. The van der Waals surface area contributed by atoms with Crippen molar-refractivity contribution in [2.45, 2.75) is 25.8 Å². The Bertz CT molecular complexity index is 595. The van der Waals surface area contributed by atoms with Crippen LogP contribution < -0.4 is 5.32 Å². The summed E-state index contributed by atoms with van der Waals surface area (Å²) < 4.78 is 5.43. The average molecular weight is 271 g/mol. The van der Waals surface area contributed by atoms with Gasteiger partial charge in [-0.15, -0.1) is 0 Å². The lowest BCUT2D eigenvalue weighted by Crippen LogP contribution is -2.34. The molecule has 20 heavy (non-hydrogen) atoms. The number of carbonyl (C=O) groups is 1. The molecule has 0 spiro atoms. The van der Waals surface area contributed by atoms with Crippen molar-refractivity contribution in [3.8, 4) is 0 Å². The minimum Gasteiger partial charge on any atom is -0.467 e. The van der Waals surface area contributed by atoms with Gasteiger partial charge in [-0.25, -0.2) is 9.78 Å². The average Bonchev–Trinajstić information content (AvgIpc) is 3.09. The van der Waals surface area contributed by atoms with Crippen molar-refractivity contribution in [1.82, 2.24) is 9.88 Å². The van der Waals surface area contributed by atoms with Crippen molar-refractivity contribution < 1.29 is 9.21 Å². The summed E-state index contributed by atoms with van der Waals surface area (Å²) in [6.45, 7) is 2.64. The van der Waals surface area contributed by atoms with Gasteiger partial charge < -0.3 is 9.32 Å². The summed E-state index contributed by atoms with van der Waals surface area (Å²) in [5.41, 5.74) is 0.881. The first-order valence-corrected chi connectivity index (χ1v) is 6.79. The number of nitrogens with zero attached hydrogens (tertiary/aromatic N) is 2. The number of carbonyl (C=O) groups excluding carboxylic acids is 1. The van der Waals surface area contributed by atoms with Gasteiger partial charge in [0.1, 0.15) is 11.6 Å². The van der Waals surface area contributed by atoms with Crippen LogP contribution in [0.4, 0.5) is 10.6 Å². The highest BCUT2D eigenvalue weighted by molar-refractivity contribution is 5.88. The van der Waals surface area contributed by atoms with Crippen molar-refractivity contribution in [2.75, 3.05) is 11.9 Å². The van der Waals surface area contributed by atoms with Crippen LogP contribution >= 0.6 is 0 Å². The van der Waals surface area contributed by atoms with Gasteiger partial charge in [-0.2, -0.15) is 0 Å². The molecule has 1 aliphatic heterocycles. The summed E-state index contributed by atoms with van der Waals surface area (Å²) in [4.78, 5) is 18.5. The number of nitrogens with one attached hydrogen (secondary N) is 1. The van der Waals surface area contributed by atoms with E-state index < -0.39 is 0 Å². The lowest BCUT2D eigenvalue weighted by molar-refractivity contribution is 0.200. The first-order chi connectivity index (χ1) is 9.74. The first-order valence-electron chi connectivity index (χ1n) is 6.79. The van der Waals surface area contributed by atoms with Gasteiger partial charge >= 0.3 is 6.03 Å². The minimum absolute atomic E-state index is 0.0230. The van der Waals surface area contributed by atoms with Gasteiger partial charge in [-0.3, -0.25) is 5.32 Å². The zero-order valence-electron chi connectivity index (χ0n) is 11.4. The van der Waals surface area contributed by atoms with E-state index in [-0.39, 0.29) is 12.1 Å². The fourth-order valence-corrected chi connectivity index (χ4v) is 2.58. The minimum atomic E-state index is -0.123. The summed E-state index contributed by atoms with van der Waals surface area (Å²) in [6, 6.07) is 9.25. The Kier molecular flexibility index (Phi) is 3.41. The Morgan fingerprint density at radius 3 is 3.05 bits per heavy atom. The fourth-order valence-electron chi connectivity index (χ4n) is 2.58. The summed E-state index contributed by atoms with van der Waals surface area (Å²) in [5.74, 6) is 1.43.